The largest absolute Gasteiger partial charge is 0.409 e. The Bertz CT molecular complexity index is 401. The number of oxime groups is 1. The molecule has 1 rings (SSSR count). The fraction of sp³-hybridized carbons (Fsp3) is 0.182. The zero-order chi connectivity index (χ0) is 11.1. The van der Waals surface area contributed by atoms with Crippen LogP contribution in [0, 0.1) is 11.8 Å². The highest BCUT2D eigenvalue weighted by molar-refractivity contribution is 6.18. The first-order valence-electron chi connectivity index (χ1n) is 4.40. The van der Waals surface area contributed by atoms with E-state index in [4.69, 9.17) is 22.5 Å². The molecule has 3 N–H and O–H groups in total. The summed E-state index contributed by atoms with van der Waals surface area (Å²) < 4.78 is 0. The van der Waals surface area contributed by atoms with E-state index in [0.717, 1.165) is 5.56 Å². The number of hydrogen-bond acceptors (Lipinski definition) is 2. The average Bonchev–Trinajstić information content (AvgIpc) is 2.29. The summed E-state index contributed by atoms with van der Waals surface area (Å²) in [6.07, 6.45) is 0.670. The van der Waals surface area contributed by atoms with Crippen molar-refractivity contribution in [1.29, 1.82) is 0 Å². The summed E-state index contributed by atoms with van der Waals surface area (Å²) in [7, 11) is 0. The van der Waals surface area contributed by atoms with Crippen LogP contribution in [0.25, 0.3) is 0 Å². The molecule has 0 amide bonds. The molecule has 78 valence electrons. The zero-order valence-corrected chi connectivity index (χ0v) is 8.83. The predicted molar refractivity (Wildman–Crippen MR) is 61.2 cm³/mol. The van der Waals surface area contributed by atoms with Gasteiger partial charge in [-0.05, 0) is 24.3 Å². The van der Waals surface area contributed by atoms with Crippen molar-refractivity contribution in [2.24, 2.45) is 10.9 Å². The van der Waals surface area contributed by atoms with Gasteiger partial charge in [0.25, 0.3) is 0 Å². The summed E-state index contributed by atoms with van der Waals surface area (Å²) in [6, 6.07) is 7.13. The number of nitrogens with two attached hydrogens (primary N) is 1. The van der Waals surface area contributed by atoms with Crippen LogP contribution in [-0.4, -0.2) is 16.9 Å². The van der Waals surface area contributed by atoms with Crippen molar-refractivity contribution in [1.82, 2.24) is 0 Å². The van der Waals surface area contributed by atoms with E-state index in [2.05, 4.69) is 17.0 Å². The molecule has 1 aromatic carbocycles. The zero-order valence-electron chi connectivity index (χ0n) is 8.07. The molecular weight excluding hydrogens is 212 g/mol. The Morgan fingerprint density at radius 1 is 1.40 bits per heavy atom. The molecule has 0 heterocycles. The molecule has 4 heteroatoms. The van der Waals surface area contributed by atoms with Crippen molar-refractivity contribution in [2.75, 3.05) is 5.88 Å². The van der Waals surface area contributed by atoms with Crippen molar-refractivity contribution < 1.29 is 5.21 Å². The first-order valence-corrected chi connectivity index (χ1v) is 4.94. The molecule has 0 unspecified atom stereocenters. The Balaban J connectivity index is 2.78. The summed E-state index contributed by atoms with van der Waals surface area (Å²) in [5, 5.41) is 11.4. The van der Waals surface area contributed by atoms with Crippen LogP contribution >= 0.6 is 11.6 Å². The second kappa shape index (κ2) is 5.94. The number of nitrogens with zero attached hydrogens (tertiary/aromatic N) is 1. The van der Waals surface area contributed by atoms with Crippen LogP contribution in [0.2, 0.25) is 0 Å². The molecule has 0 atom stereocenters. The van der Waals surface area contributed by atoms with Gasteiger partial charge in [-0.1, -0.05) is 17.0 Å². The van der Waals surface area contributed by atoms with Gasteiger partial charge in [0.2, 0.25) is 0 Å². The fourth-order valence-electron chi connectivity index (χ4n) is 0.994. The van der Waals surface area contributed by atoms with Crippen LogP contribution in [0.3, 0.4) is 0 Å². The number of rotatable bonds is 2. The van der Waals surface area contributed by atoms with Gasteiger partial charge in [0.05, 0.1) is 0 Å². The van der Waals surface area contributed by atoms with E-state index in [0.29, 0.717) is 17.9 Å². The standard InChI is InChI=1S/C11H11ClN2O/c12-8-2-1-3-9-4-6-10(7-5-9)11(13)14-15/h4-7,15H,2,8H2,(H2,13,14). The molecule has 3 nitrogen and oxygen atoms in total. The Morgan fingerprint density at radius 2 is 2.07 bits per heavy atom. The highest BCUT2D eigenvalue weighted by atomic mass is 35.5. The molecule has 0 bridgehead atoms. The van der Waals surface area contributed by atoms with Gasteiger partial charge in [0.15, 0.2) is 5.84 Å². The summed E-state index contributed by atoms with van der Waals surface area (Å²) in [4.78, 5) is 0. The molecule has 0 aliphatic rings. The summed E-state index contributed by atoms with van der Waals surface area (Å²) in [5.74, 6) is 6.50. The lowest BCUT2D eigenvalue weighted by Gasteiger charge is -1.97. The third-order valence-corrected chi connectivity index (χ3v) is 1.93. The predicted octanol–water partition coefficient (Wildman–Crippen LogP) is 1.76. The highest BCUT2D eigenvalue weighted by Crippen LogP contribution is 2.02. The number of amidine groups is 1. The van der Waals surface area contributed by atoms with E-state index in [-0.39, 0.29) is 5.84 Å². The molecule has 15 heavy (non-hydrogen) atoms. The van der Waals surface area contributed by atoms with Crippen LogP contribution in [0.4, 0.5) is 0 Å². The number of benzene rings is 1. The fourth-order valence-corrected chi connectivity index (χ4v) is 1.09. The summed E-state index contributed by atoms with van der Waals surface area (Å²) >= 11 is 5.49. The normalized spacial score (nSPS) is 10.6. The maximum absolute atomic E-state index is 8.45. The molecule has 0 spiro atoms. The van der Waals surface area contributed by atoms with Gasteiger partial charge in [0, 0.05) is 23.4 Å². The van der Waals surface area contributed by atoms with Crippen LogP contribution in [0.15, 0.2) is 29.4 Å². The van der Waals surface area contributed by atoms with E-state index in [1.165, 1.54) is 0 Å². The van der Waals surface area contributed by atoms with E-state index in [1.54, 1.807) is 12.1 Å². The minimum absolute atomic E-state index is 0.0928. The molecular formula is C11H11ClN2O. The Kier molecular flexibility index (Phi) is 4.52. The van der Waals surface area contributed by atoms with Crippen LogP contribution in [-0.2, 0) is 0 Å². The molecule has 1 aromatic rings. The molecule has 0 fully saturated rings. The minimum atomic E-state index is 0.0928. The molecule has 0 aliphatic carbocycles. The monoisotopic (exact) mass is 222 g/mol. The molecule has 0 aromatic heterocycles. The Morgan fingerprint density at radius 3 is 2.60 bits per heavy atom. The number of hydrogen-bond donors (Lipinski definition) is 2. The van der Waals surface area contributed by atoms with Crippen molar-refractivity contribution in [3.8, 4) is 11.8 Å². The highest BCUT2D eigenvalue weighted by Gasteiger charge is 1.96. The number of halogens is 1. The van der Waals surface area contributed by atoms with E-state index < -0.39 is 0 Å². The van der Waals surface area contributed by atoms with Crippen LogP contribution < -0.4 is 5.73 Å². The molecule has 0 saturated carbocycles. The lowest BCUT2D eigenvalue weighted by Crippen LogP contribution is -2.12. The Hall–Kier alpha value is -1.66. The topological polar surface area (TPSA) is 58.6 Å². The van der Waals surface area contributed by atoms with Crippen molar-refractivity contribution >= 4 is 17.4 Å². The van der Waals surface area contributed by atoms with Gasteiger partial charge in [0.1, 0.15) is 0 Å². The second-order valence-electron chi connectivity index (χ2n) is 2.80. The third-order valence-electron chi connectivity index (χ3n) is 1.74. The van der Waals surface area contributed by atoms with Gasteiger partial charge >= 0.3 is 0 Å². The van der Waals surface area contributed by atoms with Gasteiger partial charge in [-0.3, -0.25) is 0 Å². The molecule has 0 saturated heterocycles. The second-order valence-corrected chi connectivity index (χ2v) is 3.18. The van der Waals surface area contributed by atoms with E-state index in [1.807, 2.05) is 12.1 Å². The van der Waals surface area contributed by atoms with Crippen molar-refractivity contribution in [3.05, 3.63) is 35.4 Å². The molecule has 0 aliphatic heterocycles. The first-order chi connectivity index (χ1) is 7.27. The lowest BCUT2D eigenvalue weighted by molar-refractivity contribution is 0.318. The van der Waals surface area contributed by atoms with Crippen LogP contribution in [0.5, 0.6) is 0 Å². The SMILES string of the molecule is NC(=NO)c1ccc(C#CCCCl)cc1. The van der Waals surface area contributed by atoms with E-state index in [9.17, 15) is 0 Å². The van der Waals surface area contributed by atoms with Gasteiger partial charge < -0.3 is 10.9 Å². The summed E-state index contributed by atoms with van der Waals surface area (Å²) in [5.41, 5.74) is 6.96. The maximum atomic E-state index is 8.45. The lowest BCUT2D eigenvalue weighted by atomic mass is 10.1. The van der Waals surface area contributed by atoms with Gasteiger partial charge in [-0.2, -0.15) is 0 Å². The smallest absolute Gasteiger partial charge is 0.170 e. The quantitative estimate of drug-likeness (QED) is 0.200. The third kappa shape index (κ3) is 3.53. The van der Waals surface area contributed by atoms with Gasteiger partial charge in [-0.25, -0.2) is 0 Å². The van der Waals surface area contributed by atoms with Crippen LogP contribution in [0.1, 0.15) is 17.5 Å². The Labute approximate surface area is 93.5 Å². The average molecular weight is 223 g/mol. The summed E-state index contributed by atoms with van der Waals surface area (Å²) in [6.45, 7) is 0. The minimum Gasteiger partial charge on any atom is -0.409 e. The first kappa shape index (κ1) is 11.4. The van der Waals surface area contributed by atoms with Crippen molar-refractivity contribution in [2.45, 2.75) is 6.42 Å². The van der Waals surface area contributed by atoms with E-state index >= 15 is 0 Å². The van der Waals surface area contributed by atoms with Crippen molar-refractivity contribution in [3.63, 3.8) is 0 Å². The maximum Gasteiger partial charge on any atom is 0.170 e. The van der Waals surface area contributed by atoms with Gasteiger partial charge in [-0.15, -0.1) is 11.6 Å². The number of alkyl halides is 1. The molecule has 0 radical (unpaired) electrons.